The molecule has 0 atom stereocenters. The van der Waals surface area contributed by atoms with E-state index in [0.29, 0.717) is 5.92 Å². The van der Waals surface area contributed by atoms with Crippen LogP contribution in [0.3, 0.4) is 0 Å². The number of imidazole rings is 1. The lowest BCUT2D eigenvalue weighted by molar-refractivity contribution is -0.151. The predicted octanol–water partition coefficient (Wildman–Crippen LogP) is 2.51. The molecule has 2 rings (SSSR count). The lowest BCUT2D eigenvalue weighted by Gasteiger charge is -2.36. The average molecular weight is 250 g/mol. The summed E-state index contributed by atoms with van der Waals surface area (Å²) in [7, 11) is 1.45. The molecule has 0 spiro atoms. The molecule has 0 saturated heterocycles. The molecule has 1 aromatic heterocycles. The van der Waals surface area contributed by atoms with E-state index >= 15 is 0 Å². The molecule has 18 heavy (non-hydrogen) atoms. The van der Waals surface area contributed by atoms with E-state index in [4.69, 9.17) is 4.74 Å². The van der Waals surface area contributed by atoms with Gasteiger partial charge in [-0.3, -0.25) is 4.79 Å². The number of hydrogen-bond donors (Lipinski definition) is 1. The molecule has 100 valence electrons. The van der Waals surface area contributed by atoms with Crippen LogP contribution in [0, 0.1) is 12.8 Å². The van der Waals surface area contributed by atoms with Crippen molar-refractivity contribution in [2.45, 2.75) is 51.9 Å². The van der Waals surface area contributed by atoms with E-state index in [1.165, 1.54) is 7.11 Å². The Kier molecular flexibility index (Phi) is 3.46. The van der Waals surface area contributed by atoms with Crippen molar-refractivity contribution in [2.24, 2.45) is 5.92 Å². The van der Waals surface area contributed by atoms with Crippen molar-refractivity contribution in [3.8, 4) is 0 Å². The highest BCUT2D eigenvalue weighted by Gasteiger charge is 2.49. The van der Waals surface area contributed by atoms with Crippen LogP contribution in [0.25, 0.3) is 0 Å². The van der Waals surface area contributed by atoms with Crippen LogP contribution < -0.4 is 0 Å². The summed E-state index contributed by atoms with van der Waals surface area (Å²) in [6.07, 6.45) is 3.69. The summed E-state index contributed by atoms with van der Waals surface area (Å²) in [5.41, 5.74) is 1.65. The first-order valence-electron chi connectivity index (χ1n) is 6.64. The van der Waals surface area contributed by atoms with Gasteiger partial charge in [0.1, 0.15) is 11.2 Å². The van der Waals surface area contributed by atoms with E-state index in [1.807, 2.05) is 6.92 Å². The lowest BCUT2D eigenvalue weighted by Crippen LogP contribution is -2.44. The molecule has 1 heterocycles. The Morgan fingerprint density at radius 2 is 2.17 bits per heavy atom. The number of H-pyrrole nitrogens is 1. The highest BCUT2D eigenvalue weighted by molar-refractivity contribution is 5.83. The topological polar surface area (TPSA) is 55.0 Å². The molecule has 1 aliphatic carbocycles. The zero-order valence-corrected chi connectivity index (χ0v) is 11.7. The molecule has 1 N–H and O–H groups in total. The number of carbonyl (C=O) groups excluding carboxylic acids is 1. The molecule has 0 radical (unpaired) electrons. The highest BCUT2D eigenvalue weighted by atomic mass is 16.5. The largest absolute Gasteiger partial charge is 0.468 e. The van der Waals surface area contributed by atoms with E-state index in [9.17, 15) is 4.79 Å². The second-order valence-electron chi connectivity index (χ2n) is 5.68. The van der Waals surface area contributed by atoms with E-state index in [-0.39, 0.29) is 5.97 Å². The Balaban J connectivity index is 2.30. The number of aromatic amines is 1. The number of carbonyl (C=O) groups is 1. The number of ether oxygens (including phenoxy) is 1. The van der Waals surface area contributed by atoms with Gasteiger partial charge in [-0.1, -0.05) is 20.3 Å². The van der Waals surface area contributed by atoms with Crippen LogP contribution in [-0.4, -0.2) is 23.0 Å². The maximum Gasteiger partial charge on any atom is 0.319 e. The molecule has 0 bridgehead atoms. The van der Waals surface area contributed by atoms with Gasteiger partial charge in [-0.25, -0.2) is 4.98 Å². The van der Waals surface area contributed by atoms with E-state index in [2.05, 4.69) is 23.8 Å². The second-order valence-corrected chi connectivity index (χ2v) is 5.68. The Hall–Kier alpha value is -1.32. The maximum absolute atomic E-state index is 12.0. The Labute approximate surface area is 108 Å². The molecule has 0 amide bonds. The van der Waals surface area contributed by atoms with E-state index in [0.717, 1.165) is 42.9 Å². The van der Waals surface area contributed by atoms with Crippen molar-refractivity contribution in [3.63, 3.8) is 0 Å². The minimum absolute atomic E-state index is 0.154. The average Bonchev–Trinajstić information content (AvgIpc) is 2.57. The van der Waals surface area contributed by atoms with Crippen molar-refractivity contribution < 1.29 is 9.53 Å². The summed E-state index contributed by atoms with van der Waals surface area (Å²) in [6, 6.07) is 0. The van der Waals surface area contributed by atoms with Gasteiger partial charge in [-0.15, -0.1) is 0 Å². The van der Waals surface area contributed by atoms with Crippen molar-refractivity contribution in [3.05, 3.63) is 17.2 Å². The summed E-state index contributed by atoms with van der Waals surface area (Å²) in [6.45, 7) is 6.37. The molecular weight excluding hydrogens is 228 g/mol. The van der Waals surface area contributed by atoms with Gasteiger partial charge in [0.2, 0.25) is 0 Å². The molecule has 1 fully saturated rings. The van der Waals surface area contributed by atoms with Crippen LogP contribution in [0.15, 0.2) is 0 Å². The quantitative estimate of drug-likeness (QED) is 0.835. The first-order chi connectivity index (χ1) is 8.49. The van der Waals surface area contributed by atoms with Crippen molar-refractivity contribution in [2.75, 3.05) is 7.11 Å². The molecule has 4 heteroatoms. The number of aromatic nitrogens is 2. The predicted molar refractivity (Wildman–Crippen MR) is 69.4 cm³/mol. The third kappa shape index (κ3) is 2.04. The molecule has 4 nitrogen and oxygen atoms in total. The summed E-state index contributed by atoms with van der Waals surface area (Å²) >= 11 is 0. The van der Waals surface area contributed by atoms with Crippen LogP contribution in [0.5, 0.6) is 0 Å². The van der Waals surface area contributed by atoms with Crippen LogP contribution >= 0.6 is 0 Å². The zero-order valence-electron chi connectivity index (χ0n) is 11.7. The minimum Gasteiger partial charge on any atom is -0.468 e. The number of hydrogen-bond acceptors (Lipinski definition) is 3. The van der Waals surface area contributed by atoms with Gasteiger partial charge in [-0.2, -0.15) is 0 Å². The zero-order chi connectivity index (χ0) is 13.3. The molecule has 1 saturated carbocycles. The lowest BCUT2D eigenvalue weighted by atomic mass is 9.68. The fourth-order valence-corrected chi connectivity index (χ4v) is 2.57. The number of nitrogens with zero attached hydrogens (tertiary/aromatic N) is 1. The summed E-state index contributed by atoms with van der Waals surface area (Å²) in [5.74, 6) is 1.21. The molecule has 0 unspecified atom stereocenters. The van der Waals surface area contributed by atoms with Crippen LogP contribution in [0.2, 0.25) is 0 Å². The number of nitrogens with one attached hydrogen (secondary N) is 1. The van der Waals surface area contributed by atoms with Gasteiger partial charge in [0, 0.05) is 5.69 Å². The standard InChI is InChI=1S/C14H22N2O2/c1-9(2)8-11-10(3)15-12(16-11)14(6-5-7-14)13(17)18-4/h9H,5-8H2,1-4H3,(H,15,16). The number of methoxy groups -OCH3 is 1. The minimum atomic E-state index is -0.505. The maximum atomic E-state index is 12.0. The van der Waals surface area contributed by atoms with Gasteiger partial charge in [0.05, 0.1) is 12.8 Å². The van der Waals surface area contributed by atoms with Gasteiger partial charge < -0.3 is 9.72 Å². The smallest absolute Gasteiger partial charge is 0.319 e. The highest BCUT2D eigenvalue weighted by Crippen LogP contribution is 2.43. The first kappa shape index (κ1) is 13.1. The Morgan fingerprint density at radius 1 is 1.50 bits per heavy atom. The van der Waals surface area contributed by atoms with Crippen LogP contribution in [0.1, 0.15) is 50.3 Å². The fraction of sp³-hybridized carbons (Fsp3) is 0.714. The number of esters is 1. The van der Waals surface area contributed by atoms with E-state index in [1.54, 1.807) is 0 Å². The SMILES string of the molecule is COC(=O)C1(c2nc(CC(C)C)c(C)[nH]2)CCC1. The van der Waals surface area contributed by atoms with Gasteiger partial charge in [-0.05, 0) is 32.1 Å². The van der Waals surface area contributed by atoms with Gasteiger partial charge in [0.15, 0.2) is 0 Å². The second kappa shape index (κ2) is 4.75. The van der Waals surface area contributed by atoms with Crippen LogP contribution in [-0.2, 0) is 21.4 Å². The Morgan fingerprint density at radius 3 is 2.61 bits per heavy atom. The normalized spacial score (nSPS) is 17.6. The molecule has 0 aromatic carbocycles. The van der Waals surface area contributed by atoms with Gasteiger partial charge in [0.25, 0.3) is 0 Å². The number of aryl methyl sites for hydroxylation is 1. The van der Waals surface area contributed by atoms with E-state index < -0.39 is 5.41 Å². The molecule has 1 aromatic rings. The van der Waals surface area contributed by atoms with Gasteiger partial charge >= 0.3 is 5.97 Å². The third-order valence-electron chi connectivity index (χ3n) is 3.82. The molecule has 1 aliphatic rings. The number of rotatable bonds is 4. The fourth-order valence-electron chi connectivity index (χ4n) is 2.57. The molecular formula is C14H22N2O2. The van der Waals surface area contributed by atoms with Crippen LogP contribution in [0.4, 0.5) is 0 Å². The Bertz CT molecular complexity index is 445. The third-order valence-corrected chi connectivity index (χ3v) is 3.82. The first-order valence-corrected chi connectivity index (χ1v) is 6.64. The van der Waals surface area contributed by atoms with Crippen molar-refractivity contribution >= 4 is 5.97 Å². The van der Waals surface area contributed by atoms with Crippen molar-refractivity contribution in [1.29, 1.82) is 0 Å². The van der Waals surface area contributed by atoms with Crippen molar-refractivity contribution in [1.82, 2.24) is 9.97 Å². The molecule has 0 aliphatic heterocycles. The summed E-state index contributed by atoms with van der Waals surface area (Å²) < 4.78 is 4.94. The summed E-state index contributed by atoms with van der Waals surface area (Å²) in [5, 5.41) is 0. The summed E-state index contributed by atoms with van der Waals surface area (Å²) in [4.78, 5) is 19.9. The monoisotopic (exact) mass is 250 g/mol.